The maximum Gasteiger partial charge on any atom is 0.407 e. The van der Waals surface area contributed by atoms with Crippen LogP contribution in [0.5, 0.6) is 0 Å². The molecule has 0 aliphatic carbocycles. The number of alkyl carbamates (subject to hydrolysis) is 1. The number of hydrogen-bond acceptors (Lipinski definition) is 4. The number of benzene rings is 1. The van der Waals surface area contributed by atoms with Crippen molar-refractivity contribution in [3.63, 3.8) is 0 Å². The number of pyridine rings is 1. The summed E-state index contributed by atoms with van der Waals surface area (Å²) < 4.78 is 18.1. The average Bonchev–Trinajstić information content (AvgIpc) is 2.97. The lowest BCUT2D eigenvalue weighted by atomic mass is 10.2. The molecule has 0 aliphatic rings. The van der Waals surface area contributed by atoms with Crippen molar-refractivity contribution in [1.29, 1.82) is 0 Å². The van der Waals surface area contributed by atoms with E-state index in [0.29, 0.717) is 33.5 Å². The molecule has 0 unspecified atom stereocenters. The van der Waals surface area contributed by atoms with Crippen molar-refractivity contribution < 1.29 is 13.9 Å². The highest BCUT2D eigenvalue weighted by Crippen LogP contribution is 2.21. The summed E-state index contributed by atoms with van der Waals surface area (Å²) in [6, 6.07) is 7.87. The summed E-state index contributed by atoms with van der Waals surface area (Å²) in [4.78, 5) is 22.4. The minimum atomic E-state index is -0.601. The number of H-pyrrole nitrogens is 1. The van der Waals surface area contributed by atoms with Gasteiger partial charge in [-0.1, -0.05) is 29.3 Å². The second kappa shape index (κ2) is 7.67. The Balaban J connectivity index is 1.47. The van der Waals surface area contributed by atoms with Crippen LogP contribution in [0.15, 0.2) is 30.3 Å². The number of amides is 1. The van der Waals surface area contributed by atoms with Crippen LogP contribution in [-0.4, -0.2) is 27.7 Å². The molecule has 3 rings (SSSR count). The molecule has 3 aromatic rings. The summed E-state index contributed by atoms with van der Waals surface area (Å²) in [6.07, 6.45) is -0.123. The number of hydrogen-bond donors (Lipinski definition) is 2. The lowest BCUT2D eigenvalue weighted by molar-refractivity contribution is 0.146. The number of aromatic amines is 1. The zero-order valence-corrected chi connectivity index (χ0v) is 14.4. The maximum absolute atomic E-state index is 13.0. The zero-order chi connectivity index (χ0) is 17.8. The van der Waals surface area contributed by atoms with E-state index < -0.39 is 12.0 Å². The van der Waals surface area contributed by atoms with Crippen molar-refractivity contribution in [2.75, 3.05) is 6.61 Å². The molecule has 0 spiro atoms. The Morgan fingerprint density at radius 1 is 1.24 bits per heavy atom. The van der Waals surface area contributed by atoms with Crippen LogP contribution < -0.4 is 5.32 Å². The van der Waals surface area contributed by atoms with Crippen LogP contribution in [0.3, 0.4) is 0 Å². The van der Waals surface area contributed by atoms with Crippen LogP contribution in [0.1, 0.15) is 11.4 Å². The van der Waals surface area contributed by atoms with E-state index in [9.17, 15) is 9.18 Å². The van der Waals surface area contributed by atoms with E-state index in [4.69, 9.17) is 27.9 Å². The molecule has 9 heteroatoms. The SMILES string of the molecule is O=C(NCc1nc2ccc(F)nc2[nH]1)OCCc1ccc(Cl)cc1Cl. The van der Waals surface area contributed by atoms with E-state index in [2.05, 4.69) is 20.3 Å². The topological polar surface area (TPSA) is 79.9 Å². The molecule has 0 atom stereocenters. The number of nitrogens with one attached hydrogen (secondary N) is 2. The molecule has 1 aromatic carbocycles. The zero-order valence-electron chi connectivity index (χ0n) is 12.9. The van der Waals surface area contributed by atoms with Crippen molar-refractivity contribution in [2.45, 2.75) is 13.0 Å². The fourth-order valence-corrected chi connectivity index (χ4v) is 2.69. The lowest BCUT2D eigenvalue weighted by Crippen LogP contribution is -2.25. The van der Waals surface area contributed by atoms with Gasteiger partial charge in [0.05, 0.1) is 13.2 Å². The molecule has 0 saturated carbocycles. The van der Waals surface area contributed by atoms with Gasteiger partial charge in [-0.25, -0.2) is 9.78 Å². The normalized spacial score (nSPS) is 10.8. The monoisotopic (exact) mass is 382 g/mol. The molecule has 0 fully saturated rings. The number of ether oxygens (including phenoxy) is 1. The Kier molecular flexibility index (Phi) is 5.35. The molecular formula is C16H13Cl2FN4O2. The van der Waals surface area contributed by atoms with Crippen molar-refractivity contribution in [2.24, 2.45) is 0 Å². The highest BCUT2D eigenvalue weighted by Gasteiger charge is 2.08. The Labute approximate surface area is 152 Å². The molecule has 2 N–H and O–H groups in total. The summed E-state index contributed by atoms with van der Waals surface area (Å²) in [5, 5.41) is 3.63. The number of carbonyl (C=O) groups excluding carboxylic acids is 1. The largest absolute Gasteiger partial charge is 0.449 e. The molecule has 2 aromatic heterocycles. The summed E-state index contributed by atoms with van der Waals surface area (Å²) >= 11 is 11.9. The van der Waals surface area contributed by atoms with Crippen molar-refractivity contribution in [3.05, 3.63) is 57.7 Å². The molecule has 25 heavy (non-hydrogen) atoms. The molecule has 6 nitrogen and oxygen atoms in total. The average molecular weight is 383 g/mol. The number of imidazole rings is 1. The van der Waals surface area contributed by atoms with E-state index >= 15 is 0 Å². The smallest absolute Gasteiger partial charge is 0.407 e. The van der Waals surface area contributed by atoms with E-state index in [1.165, 1.54) is 12.1 Å². The summed E-state index contributed by atoms with van der Waals surface area (Å²) in [7, 11) is 0. The number of rotatable bonds is 5. The van der Waals surface area contributed by atoms with Gasteiger partial charge >= 0.3 is 6.09 Å². The predicted octanol–water partition coefficient (Wildman–Crippen LogP) is 3.87. The van der Waals surface area contributed by atoms with Gasteiger partial charge in [-0.2, -0.15) is 9.37 Å². The Morgan fingerprint density at radius 2 is 2.08 bits per heavy atom. The van der Waals surface area contributed by atoms with Gasteiger partial charge in [0.25, 0.3) is 0 Å². The van der Waals surface area contributed by atoms with Crippen LogP contribution >= 0.6 is 23.2 Å². The van der Waals surface area contributed by atoms with Gasteiger partial charge in [-0.3, -0.25) is 0 Å². The predicted molar refractivity (Wildman–Crippen MR) is 92.2 cm³/mol. The Hall–Kier alpha value is -2.38. The van der Waals surface area contributed by atoms with Crippen LogP contribution in [0.25, 0.3) is 11.2 Å². The molecule has 1 amide bonds. The van der Waals surface area contributed by atoms with Gasteiger partial charge in [0.1, 0.15) is 11.3 Å². The third kappa shape index (κ3) is 4.58. The van der Waals surface area contributed by atoms with Gasteiger partial charge in [-0.15, -0.1) is 0 Å². The number of carbonyl (C=O) groups is 1. The van der Waals surface area contributed by atoms with Gasteiger partial charge < -0.3 is 15.0 Å². The van der Waals surface area contributed by atoms with Crippen LogP contribution in [0, 0.1) is 5.95 Å². The first-order valence-corrected chi connectivity index (χ1v) is 8.12. The van der Waals surface area contributed by atoms with E-state index in [-0.39, 0.29) is 13.2 Å². The number of aromatic nitrogens is 3. The van der Waals surface area contributed by atoms with Crippen LogP contribution in [0.4, 0.5) is 9.18 Å². The summed E-state index contributed by atoms with van der Waals surface area (Å²) in [5.74, 6) is -0.151. The summed E-state index contributed by atoms with van der Waals surface area (Å²) in [5.41, 5.74) is 1.68. The van der Waals surface area contributed by atoms with Gasteiger partial charge in [0, 0.05) is 16.5 Å². The Bertz CT molecular complexity index is 916. The fraction of sp³-hybridized carbons (Fsp3) is 0.188. The van der Waals surface area contributed by atoms with Gasteiger partial charge in [0.2, 0.25) is 5.95 Å². The third-order valence-electron chi connectivity index (χ3n) is 3.38. The van der Waals surface area contributed by atoms with Crippen LogP contribution in [0.2, 0.25) is 10.0 Å². The van der Waals surface area contributed by atoms with Gasteiger partial charge in [0.15, 0.2) is 5.65 Å². The first kappa shape index (κ1) is 17.4. The molecule has 130 valence electrons. The van der Waals surface area contributed by atoms with Crippen molar-refractivity contribution in [1.82, 2.24) is 20.3 Å². The minimum Gasteiger partial charge on any atom is -0.449 e. The van der Waals surface area contributed by atoms with E-state index in [1.807, 2.05) is 0 Å². The molecule has 0 saturated heterocycles. The molecule has 0 radical (unpaired) electrons. The van der Waals surface area contributed by atoms with Gasteiger partial charge in [-0.05, 0) is 29.8 Å². The van der Waals surface area contributed by atoms with E-state index in [0.717, 1.165) is 5.56 Å². The molecule has 0 bridgehead atoms. The maximum atomic E-state index is 13.0. The molecular weight excluding hydrogens is 370 g/mol. The lowest BCUT2D eigenvalue weighted by Gasteiger charge is -2.07. The number of halogens is 3. The highest BCUT2D eigenvalue weighted by atomic mass is 35.5. The molecule has 2 heterocycles. The number of nitrogens with zero attached hydrogens (tertiary/aromatic N) is 2. The first-order chi connectivity index (χ1) is 12.0. The second-order valence-electron chi connectivity index (χ2n) is 5.16. The minimum absolute atomic E-state index is 0.110. The van der Waals surface area contributed by atoms with Crippen LogP contribution in [-0.2, 0) is 17.7 Å². The van der Waals surface area contributed by atoms with E-state index in [1.54, 1.807) is 18.2 Å². The molecule has 0 aliphatic heterocycles. The first-order valence-electron chi connectivity index (χ1n) is 7.37. The standard InChI is InChI=1S/C16H13Cl2FN4O2/c17-10-2-1-9(11(18)7-10)5-6-25-16(24)20-8-14-21-12-3-4-13(19)22-15(12)23-14/h1-4,7H,5-6,8H2,(H,20,24)(H,21,22,23). The second-order valence-corrected chi connectivity index (χ2v) is 6.00. The third-order valence-corrected chi connectivity index (χ3v) is 3.96. The Morgan fingerprint density at radius 3 is 2.88 bits per heavy atom. The number of fused-ring (bicyclic) bond motifs is 1. The quantitative estimate of drug-likeness (QED) is 0.656. The fourth-order valence-electron chi connectivity index (χ4n) is 2.19. The van der Waals surface area contributed by atoms with Crippen molar-refractivity contribution >= 4 is 40.5 Å². The highest BCUT2D eigenvalue weighted by molar-refractivity contribution is 6.35. The van der Waals surface area contributed by atoms with Crippen molar-refractivity contribution in [3.8, 4) is 0 Å². The summed E-state index contributed by atoms with van der Waals surface area (Å²) in [6.45, 7) is 0.276.